The van der Waals surface area contributed by atoms with Crippen molar-refractivity contribution in [3.05, 3.63) is 22.7 Å². The van der Waals surface area contributed by atoms with Crippen molar-refractivity contribution in [2.24, 2.45) is 0 Å². The molecule has 0 aliphatic carbocycles. The number of hydrogen-bond acceptors (Lipinski definition) is 3. The Kier molecular flexibility index (Phi) is 5.44. The molecular weight excluding hydrogens is 286 g/mol. The van der Waals surface area contributed by atoms with E-state index in [1.807, 2.05) is 26.0 Å². The first-order valence-corrected chi connectivity index (χ1v) is 6.07. The highest BCUT2D eigenvalue weighted by Gasteiger charge is 2.07. The van der Waals surface area contributed by atoms with E-state index in [0.29, 0.717) is 11.4 Å². The number of amides is 1. The lowest BCUT2D eigenvalue weighted by Gasteiger charge is -2.10. The van der Waals surface area contributed by atoms with E-state index in [1.54, 1.807) is 13.2 Å². The first kappa shape index (κ1) is 14.0. The second kappa shape index (κ2) is 6.61. The average molecular weight is 302 g/mol. The lowest BCUT2D eigenvalue weighted by molar-refractivity contribution is -0.121. The van der Waals surface area contributed by atoms with Gasteiger partial charge in [-0.1, -0.05) is 0 Å². The van der Waals surface area contributed by atoms with Crippen LogP contribution in [0.5, 0.6) is 5.75 Å². The van der Waals surface area contributed by atoms with Gasteiger partial charge in [0.05, 0.1) is 18.9 Å². The maximum absolute atomic E-state index is 11.6. The third-order valence-corrected chi connectivity index (χ3v) is 2.69. The lowest BCUT2D eigenvalue weighted by atomic mass is 10.3. The van der Waals surface area contributed by atoms with E-state index in [-0.39, 0.29) is 18.6 Å². The van der Waals surface area contributed by atoms with Crippen LogP contribution in [0, 0.1) is 0 Å². The summed E-state index contributed by atoms with van der Waals surface area (Å²) in [5.41, 5.74) is 0.668. The van der Waals surface area contributed by atoms with Crippen LogP contribution < -0.4 is 10.1 Å². The Morgan fingerprint density at radius 3 is 2.76 bits per heavy atom. The predicted octanol–water partition coefficient (Wildman–Crippen LogP) is 2.82. The number of halogens is 1. The number of nitrogens with one attached hydrogen (secondary N) is 1. The highest BCUT2D eigenvalue weighted by atomic mass is 79.9. The van der Waals surface area contributed by atoms with Gasteiger partial charge < -0.3 is 14.8 Å². The van der Waals surface area contributed by atoms with E-state index in [1.165, 1.54) is 0 Å². The average Bonchev–Trinajstić information content (AvgIpc) is 2.29. The molecule has 0 fully saturated rings. The van der Waals surface area contributed by atoms with Gasteiger partial charge in [0.25, 0.3) is 0 Å². The number of ether oxygens (including phenoxy) is 2. The van der Waals surface area contributed by atoms with Crippen LogP contribution >= 0.6 is 15.9 Å². The maximum atomic E-state index is 11.6. The largest absolute Gasteiger partial charge is 0.497 e. The predicted molar refractivity (Wildman–Crippen MR) is 70.4 cm³/mol. The van der Waals surface area contributed by atoms with Crippen molar-refractivity contribution in [1.82, 2.24) is 0 Å². The van der Waals surface area contributed by atoms with Gasteiger partial charge in [-0.3, -0.25) is 4.79 Å². The minimum atomic E-state index is -0.187. The zero-order valence-electron chi connectivity index (χ0n) is 10.1. The van der Waals surface area contributed by atoms with E-state index in [9.17, 15) is 4.79 Å². The van der Waals surface area contributed by atoms with E-state index < -0.39 is 0 Å². The fourth-order valence-corrected chi connectivity index (χ4v) is 1.50. The quantitative estimate of drug-likeness (QED) is 0.910. The molecule has 17 heavy (non-hydrogen) atoms. The van der Waals surface area contributed by atoms with E-state index in [0.717, 1.165) is 4.47 Å². The monoisotopic (exact) mass is 301 g/mol. The molecule has 0 aliphatic heterocycles. The van der Waals surface area contributed by atoms with Crippen LogP contribution in [-0.2, 0) is 9.53 Å². The summed E-state index contributed by atoms with van der Waals surface area (Å²) in [6, 6.07) is 5.37. The summed E-state index contributed by atoms with van der Waals surface area (Å²) in [5, 5.41) is 2.75. The van der Waals surface area contributed by atoms with Gasteiger partial charge >= 0.3 is 0 Å². The van der Waals surface area contributed by atoms with Crippen LogP contribution in [0.4, 0.5) is 5.69 Å². The zero-order chi connectivity index (χ0) is 12.8. The first-order chi connectivity index (χ1) is 8.02. The molecule has 5 heteroatoms. The Bertz CT molecular complexity index is 393. The second-order valence-electron chi connectivity index (χ2n) is 3.75. The first-order valence-electron chi connectivity index (χ1n) is 5.28. The maximum Gasteiger partial charge on any atom is 0.250 e. The van der Waals surface area contributed by atoms with Crippen molar-refractivity contribution in [3.8, 4) is 5.75 Å². The molecule has 1 amide bonds. The summed E-state index contributed by atoms with van der Waals surface area (Å²) in [6.45, 7) is 3.81. The molecule has 0 aliphatic rings. The van der Waals surface area contributed by atoms with Gasteiger partial charge in [-0.05, 0) is 41.9 Å². The summed E-state index contributed by atoms with van der Waals surface area (Å²) >= 11 is 3.36. The molecule has 1 aromatic rings. The second-order valence-corrected chi connectivity index (χ2v) is 4.61. The highest BCUT2D eigenvalue weighted by Crippen LogP contribution is 2.26. The standard InChI is InChI=1S/C12H16BrNO3/c1-8(2)17-7-12(15)14-11-6-9(16-3)4-5-10(11)13/h4-6,8H,7H2,1-3H3,(H,14,15). The van der Waals surface area contributed by atoms with Gasteiger partial charge in [-0.15, -0.1) is 0 Å². The van der Waals surface area contributed by atoms with Crippen molar-refractivity contribution >= 4 is 27.5 Å². The Labute approximate surface area is 109 Å². The SMILES string of the molecule is COc1ccc(Br)c(NC(=O)COC(C)C)c1. The zero-order valence-corrected chi connectivity index (χ0v) is 11.7. The molecule has 0 saturated heterocycles. The van der Waals surface area contributed by atoms with Crippen LogP contribution in [0.3, 0.4) is 0 Å². The topological polar surface area (TPSA) is 47.6 Å². The van der Waals surface area contributed by atoms with Crippen molar-refractivity contribution in [2.45, 2.75) is 20.0 Å². The summed E-state index contributed by atoms with van der Waals surface area (Å²) in [6.07, 6.45) is 0.0366. The number of anilines is 1. The van der Waals surface area contributed by atoms with Crippen LogP contribution in [0.25, 0.3) is 0 Å². The minimum absolute atomic E-state index is 0.0366. The van der Waals surface area contributed by atoms with Crippen molar-refractivity contribution in [3.63, 3.8) is 0 Å². The third kappa shape index (κ3) is 4.75. The summed E-state index contributed by atoms with van der Waals surface area (Å²) < 4.78 is 11.1. The van der Waals surface area contributed by atoms with Gasteiger partial charge in [0, 0.05) is 10.5 Å². The molecule has 1 aromatic carbocycles. The van der Waals surface area contributed by atoms with Crippen LogP contribution in [0.2, 0.25) is 0 Å². The molecule has 94 valence electrons. The molecule has 1 N–H and O–H groups in total. The van der Waals surface area contributed by atoms with Crippen LogP contribution in [-0.4, -0.2) is 25.7 Å². The van der Waals surface area contributed by atoms with Gasteiger partial charge in [-0.25, -0.2) is 0 Å². The molecular formula is C12H16BrNO3. The Balaban J connectivity index is 2.64. The Morgan fingerprint density at radius 2 is 2.18 bits per heavy atom. The summed E-state index contributed by atoms with van der Waals surface area (Å²) in [4.78, 5) is 11.6. The van der Waals surface area contributed by atoms with Crippen molar-refractivity contribution in [1.29, 1.82) is 0 Å². The fourth-order valence-electron chi connectivity index (χ4n) is 1.16. The number of hydrogen-bond donors (Lipinski definition) is 1. The number of carbonyl (C=O) groups is 1. The van der Waals surface area contributed by atoms with E-state index >= 15 is 0 Å². The van der Waals surface area contributed by atoms with Crippen molar-refractivity contribution in [2.75, 3.05) is 19.0 Å². The molecule has 0 aromatic heterocycles. The van der Waals surface area contributed by atoms with E-state index in [2.05, 4.69) is 21.2 Å². The molecule has 0 unspecified atom stereocenters. The number of benzene rings is 1. The van der Waals surface area contributed by atoms with Crippen LogP contribution in [0.1, 0.15) is 13.8 Å². The summed E-state index contributed by atoms with van der Waals surface area (Å²) in [7, 11) is 1.58. The number of methoxy groups -OCH3 is 1. The van der Waals surface area contributed by atoms with Crippen molar-refractivity contribution < 1.29 is 14.3 Å². The Hall–Kier alpha value is -1.07. The molecule has 4 nitrogen and oxygen atoms in total. The molecule has 0 heterocycles. The molecule has 0 saturated carbocycles. The number of carbonyl (C=O) groups excluding carboxylic acids is 1. The fraction of sp³-hybridized carbons (Fsp3) is 0.417. The highest BCUT2D eigenvalue weighted by molar-refractivity contribution is 9.10. The van der Waals surface area contributed by atoms with Gasteiger partial charge in [-0.2, -0.15) is 0 Å². The normalized spacial score (nSPS) is 10.4. The number of rotatable bonds is 5. The summed E-state index contributed by atoms with van der Waals surface area (Å²) in [5.74, 6) is 0.501. The molecule has 0 radical (unpaired) electrons. The van der Waals surface area contributed by atoms with E-state index in [4.69, 9.17) is 9.47 Å². The molecule has 0 bridgehead atoms. The van der Waals surface area contributed by atoms with Gasteiger partial charge in [0.2, 0.25) is 5.91 Å². The van der Waals surface area contributed by atoms with Crippen LogP contribution in [0.15, 0.2) is 22.7 Å². The lowest BCUT2D eigenvalue weighted by Crippen LogP contribution is -2.20. The molecule has 0 atom stereocenters. The minimum Gasteiger partial charge on any atom is -0.497 e. The Morgan fingerprint density at radius 1 is 1.47 bits per heavy atom. The van der Waals surface area contributed by atoms with Gasteiger partial charge in [0.1, 0.15) is 12.4 Å². The van der Waals surface area contributed by atoms with Gasteiger partial charge in [0.15, 0.2) is 0 Å². The molecule has 0 spiro atoms. The molecule has 1 rings (SSSR count). The smallest absolute Gasteiger partial charge is 0.250 e. The third-order valence-electron chi connectivity index (χ3n) is 2.00.